The smallest absolute Gasteiger partial charge is 0.126 e. The summed E-state index contributed by atoms with van der Waals surface area (Å²) in [4.78, 5) is 9.44. The normalized spacial score (nSPS) is 7.78. The molecule has 0 aromatic heterocycles. The zero-order chi connectivity index (χ0) is 19.3. The summed E-state index contributed by atoms with van der Waals surface area (Å²) in [5.74, 6) is 0.0530. The fourth-order valence-electron chi connectivity index (χ4n) is 1.28. The van der Waals surface area contributed by atoms with Gasteiger partial charge in [-0.25, -0.2) is 4.39 Å². The molecule has 0 aliphatic carbocycles. The fourth-order valence-corrected chi connectivity index (χ4v) is 1.28. The van der Waals surface area contributed by atoms with Crippen LogP contribution in [0.5, 0.6) is 0 Å². The molecular formula is C21H41FO. The summed E-state index contributed by atoms with van der Waals surface area (Å²) >= 11 is 0. The van der Waals surface area contributed by atoms with Crippen LogP contribution in [0.2, 0.25) is 0 Å². The van der Waals surface area contributed by atoms with Crippen molar-refractivity contribution < 1.29 is 9.18 Å². The van der Waals surface area contributed by atoms with E-state index in [4.69, 9.17) is 0 Å². The molecule has 1 aromatic rings. The highest BCUT2D eigenvalue weighted by Crippen LogP contribution is 2.08. The van der Waals surface area contributed by atoms with Crippen molar-refractivity contribution in [1.82, 2.24) is 0 Å². The first-order valence-corrected chi connectivity index (χ1v) is 9.11. The quantitative estimate of drug-likeness (QED) is 0.560. The highest BCUT2D eigenvalue weighted by Gasteiger charge is 1.95. The topological polar surface area (TPSA) is 17.1 Å². The number of halogens is 1. The standard InChI is InChI=1S/C9H11F.C5H12.C3H6O.2C2H6/c1-3-8-4-5-9(10)7(2)6-8;1-3-5-4-2;1-3(2)4;2*1-2/h4-6H,3H2,1-2H3;3-5H2,1-2H3;1-2H3;2*1-2H3. The van der Waals surface area contributed by atoms with Crippen LogP contribution in [0, 0.1) is 12.7 Å². The van der Waals surface area contributed by atoms with Crippen LogP contribution < -0.4 is 0 Å². The summed E-state index contributed by atoms with van der Waals surface area (Å²) in [7, 11) is 0. The lowest BCUT2D eigenvalue weighted by Crippen LogP contribution is -1.85. The Labute approximate surface area is 145 Å². The minimum atomic E-state index is -0.114. The van der Waals surface area contributed by atoms with Gasteiger partial charge in [0.1, 0.15) is 11.6 Å². The molecule has 138 valence electrons. The van der Waals surface area contributed by atoms with Crippen molar-refractivity contribution >= 4 is 5.78 Å². The van der Waals surface area contributed by atoms with Gasteiger partial charge >= 0.3 is 0 Å². The van der Waals surface area contributed by atoms with Crippen molar-refractivity contribution in [2.75, 3.05) is 0 Å². The molecule has 0 saturated carbocycles. The number of benzene rings is 1. The van der Waals surface area contributed by atoms with Gasteiger partial charge in [-0.15, -0.1) is 0 Å². The monoisotopic (exact) mass is 328 g/mol. The molecule has 0 aliphatic rings. The first kappa shape index (κ1) is 29.8. The number of Topliss-reactive ketones (excluding diaryl/α,β-unsaturated/α-hetero) is 1. The van der Waals surface area contributed by atoms with Crippen molar-refractivity contribution in [1.29, 1.82) is 0 Å². The van der Waals surface area contributed by atoms with Gasteiger partial charge in [-0.1, -0.05) is 79.9 Å². The van der Waals surface area contributed by atoms with Gasteiger partial charge < -0.3 is 4.79 Å². The van der Waals surface area contributed by atoms with Crippen LogP contribution in [-0.4, -0.2) is 5.78 Å². The average Bonchev–Trinajstić information content (AvgIpc) is 2.55. The van der Waals surface area contributed by atoms with Crippen molar-refractivity contribution in [3.05, 3.63) is 35.1 Å². The molecule has 0 spiro atoms. The molecule has 0 saturated heterocycles. The molecule has 0 fully saturated rings. The van der Waals surface area contributed by atoms with Crippen molar-refractivity contribution in [3.63, 3.8) is 0 Å². The second-order valence-electron chi connectivity index (χ2n) is 4.70. The van der Waals surface area contributed by atoms with E-state index in [-0.39, 0.29) is 11.6 Å². The molecule has 2 heteroatoms. The predicted octanol–water partition coefficient (Wildman–Crippen LogP) is 7.54. The summed E-state index contributed by atoms with van der Waals surface area (Å²) in [6.07, 6.45) is 5.05. The Bertz CT molecular complexity index is 340. The number of hydrogen-bond donors (Lipinski definition) is 0. The molecule has 1 rings (SSSR count). The van der Waals surface area contributed by atoms with E-state index in [9.17, 15) is 9.18 Å². The molecule has 0 unspecified atom stereocenters. The maximum Gasteiger partial charge on any atom is 0.126 e. The number of hydrogen-bond acceptors (Lipinski definition) is 1. The van der Waals surface area contributed by atoms with Crippen molar-refractivity contribution in [2.45, 2.75) is 94.9 Å². The van der Waals surface area contributed by atoms with Crippen LogP contribution in [0.15, 0.2) is 18.2 Å². The van der Waals surface area contributed by atoms with E-state index in [1.54, 1.807) is 6.92 Å². The number of unbranched alkanes of at least 4 members (excludes halogenated alkanes) is 2. The van der Waals surface area contributed by atoms with E-state index in [2.05, 4.69) is 20.8 Å². The number of ketones is 1. The predicted molar refractivity (Wildman–Crippen MR) is 105 cm³/mol. The molecule has 1 aromatic carbocycles. The lowest BCUT2D eigenvalue weighted by Gasteiger charge is -1.98. The molecule has 0 atom stereocenters. The van der Waals surface area contributed by atoms with Gasteiger partial charge in [-0.2, -0.15) is 0 Å². The summed E-state index contributed by atoms with van der Waals surface area (Å²) in [5, 5.41) is 0. The molecule has 0 amide bonds. The highest BCUT2D eigenvalue weighted by atomic mass is 19.1. The molecular weight excluding hydrogens is 287 g/mol. The Kier molecular flexibility index (Phi) is 33.4. The van der Waals surface area contributed by atoms with Crippen LogP contribution in [-0.2, 0) is 11.2 Å². The number of aryl methyl sites for hydroxylation is 2. The third-order valence-electron chi connectivity index (χ3n) is 2.34. The minimum Gasteiger partial charge on any atom is -0.300 e. The van der Waals surface area contributed by atoms with Gasteiger partial charge in [0.2, 0.25) is 0 Å². The lowest BCUT2D eigenvalue weighted by molar-refractivity contribution is -0.114. The van der Waals surface area contributed by atoms with E-state index in [1.165, 1.54) is 44.7 Å². The van der Waals surface area contributed by atoms with Gasteiger partial charge in [0.25, 0.3) is 0 Å². The second kappa shape index (κ2) is 25.8. The SMILES string of the molecule is CC.CC.CC(C)=O.CCCCC.CCc1ccc(F)c(C)c1. The van der Waals surface area contributed by atoms with Gasteiger partial charge in [0.05, 0.1) is 0 Å². The summed E-state index contributed by atoms with van der Waals surface area (Å²) in [5.41, 5.74) is 1.93. The minimum absolute atomic E-state index is 0.114. The van der Waals surface area contributed by atoms with Gasteiger partial charge in [-0.05, 0) is 44.4 Å². The van der Waals surface area contributed by atoms with Crippen LogP contribution >= 0.6 is 0 Å². The average molecular weight is 329 g/mol. The summed E-state index contributed by atoms with van der Waals surface area (Å²) in [6.45, 7) is 19.3. The second-order valence-corrected chi connectivity index (χ2v) is 4.70. The Hall–Kier alpha value is -1.18. The summed E-state index contributed by atoms with van der Waals surface area (Å²) in [6, 6.07) is 5.23. The van der Waals surface area contributed by atoms with E-state index in [1.807, 2.05) is 39.8 Å². The van der Waals surface area contributed by atoms with Crippen LogP contribution in [0.4, 0.5) is 4.39 Å². The van der Waals surface area contributed by atoms with Gasteiger partial charge in [0, 0.05) is 0 Å². The number of carbonyl (C=O) groups excluding carboxylic acids is 1. The van der Waals surface area contributed by atoms with Crippen molar-refractivity contribution in [2.24, 2.45) is 0 Å². The molecule has 0 aliphatic heterocycles. The van der Waals surface area contributed by atoms with Gasteiger partial charge in [0.15, 0.2) is 0 Å². The first-order chi connectivity index (χ1) is 10.9. The molecule has 0 heterocycles. The summed E-state index contributed by atoms with van der Waals surface area (Å²) < 4.78 is 12.6. The van der Waals surface area contributed by atoms with E-state index >= 15 is 0 Å². The van der Waals surface area contributed by atoms with Crippen molar-refractivity contribution in [3.8, 4) is 0 Å². The fraction of sp³-hybridized carbons (Fsp3) is 0.667. The Balaban J connectivity index is -0.000000118. The molecule has 0 radical (unpaired) electrons. The molecule has 1 nitrogen and oxygen atoms in total. The highest BCUT2D eigenvalue weighted by molar-refractivity contribution is 5.72. The Morgan fingerprint density at radius 2 is 1.35 bits per heavy atom. The zero-order valence-corrected chi connectivity index (χ0v) is 17.3. The van der Waals surface area contributed by atoms with E-state index in [0.717, 1.165) is 12.0 Å². The zero-order valence-electron chi connectivity index (χ0n) is 17.3. The van der Waals surface area contributed by atoms with Gasteiger partial charge in [-0.3, -0.25) is 0 Å². The third kappa shape index (κ3) is 29.5. The Morgan fingerprint density at radius 3 is 1.57 bits per heavy atom. The molecule has 0 bridgehead atoms. The van der Waals surface area contributed by atoms with Crippen LogP contribution in [0.3, 0.4) is 0 Å². The largest absolute Gasteiger partial charge is 0.300 e. The maximum atomic E-state index is 12.6. The lowest BCUT2D eigenvalue weighted by atomic mass is 10.1. The van der Waals surface area contributed by atoms with E-state index < -0.39 is 0 Å². The van der Waals surface area contributed by atoms with Crippen LogP contribution in [0.25, 0.3) is 0 Å². The molecule has 23 heavy (non-hydrogen) atoms. The third-order valence-corrected chi connectivity index (χ3v) is 2.34. The maximum absolute atomic E-state index is 12.6. The Morgan fingerprint density at radius 1 is 0.957 bits per heavy atom. The van der Waals surface area contributed by atoms with Crippen LogP contribution in [0.1, 0.15) is 92.7 Å². The first-order valence-electron chi connectivity index (χ1n) is 9.11. The molecule has 0 N–H and O–H groups in total. The van der Waals surface area contributed by atoms with E-state index in [0.29, 0.717) is 0 Å². The number of rotatable bonds is 3. The number of carbonyl (C=O) groups is 1.